The third-order valence-corrected chi connectivity index (χ3v) is 4.81. The monoisotopic (exact) mass is 302 g/mol. The molecule has 2 fully saturated rings. The van der Waals surface area contributed by atoms with E-state index in [0.29, 0.717) is 6.04 Å². The molecule has 3 rings (SSSR count). The van der Waals surface area contributed by atoms with Gasteiger partial charge in [0.05, 0.1) is 0 Å². The van der Waals surface area contributed by atoms with Crippen LogP contribution in [0.25, 0.3) is 0 Å². The van der Waals surface area contributed by atoms with Crippen LogP contribution >= 0.6 is 0 Å². The molecule has 0 unspecified atom stereocenters. The van der Waals surface area contributed by atoms with Gasteiger partial charge in [0.1, 0.15) is 6.10 Å². The quantitative estimate of drug-likeness (QED) is 0.916. The Morgan fingerprint density at radius 2 is 1.73 bits per heavy atom. The van der Waals surface area contributed by atoms with Gasteiger partial charge in [-0.2, -0.15) is 0 Å². The summed E-state index contributed by atoms with van der Waals surface area (Å²) in [5.74, 6) is 0. The number of rotatable bonds is 3. The number of carbonyl (C=O) groups excluding carboxylic acids is 1. The summed E-state index contributed by atoms with van der Waals surface area (Å²) in [4.78, 5) is 14.7. The Morgan fingerprint density at radius 1 is 1.00 bits per heavy atom. The lowest BCUT2D eigenvalue weighted by atomic mass is 9.90. The van der Waals surface area contributed by atoms with Crippen molar-refractivity contribution in [2.75, 3.05) is 18.4 Å². The van der Waals surface area contributed by atoms with E-state index < -0.39 is 0 Å². The summed E-state index contributed by atoms with van der Waals surface area (Å²) >= 11 is 0. The van der Waals surface area contributed by atoms with Crippen LogP contribution in [0.4, 0.5) is 10.5 Å². The normalized spacial score (nSPS) is 26.4. The van der Waals surface area contributed by atoms with Crippen LogP contribution in [0, 0.1) is 0 Å². The predicted molar refractivity (Wildman–Crippen MR) is 88.0 cm³/mol. The molecule has 0 bridgehead atoms. The second kappa shape index (κ2) is 7.63. The first-order valence-corrected chi connectivity index (χ1v) is 8.60. The third-order valence-electron chi connectivity index (χ3n) is 4.81. The van der Waals surface area contributed by atoms with Gasteiger partial charge < -0.3 is 4.74 Å². The van der Waals surface area contributed by atoms with Crippen LogP contribution in [0.3, 0.4) is 0 Å². The molecule has 1 N–H and O–H groups in total. The standard InChI is InChI=1S/C18H26N2O2/c21-18(19-15-9-3-1-4-10-15)22-17-12-6-5-11-16(17)20-13-7-2-8-14-20/h1,3-4,9-10,16-17H,2,5-8,11-14H2,(H,19,21)/t16-,17-/m1/s1. The van der Waals surface area contributed by atoms with Crippen molar-refractivity contribution in [3.8, 4) is 0 Å². The zero-order valence-electron chi connectivity index (χ0n) is 13.2. The van der Waals surface area contributed by atoms with Crippen LogP contribution in [0.2, 0.25) is 0 Å². The first kappa shape index (κ1) is 15.3. The van der Waals surface area contributed by atoms with Crippen molar-refractivity contribution in [3.63, 3.8) is 0 Å². The molecule has 1 saturated carbocycles. The largest absolute Gasteiger partial charge is 0.444 e. The number of benzene rings is 1. The number of piperidine rings is 1. The highest BCUT2D eigenvalue weighted by molar-refractivity contribution is 5.84. The summed E-state index contributed by atoms with van der Waals surface area (Å²) in [5.41, 5.74) is 0.790. The highest BCUT2D eigenvalue weighted by atomic mass is 16.6. The van der Waals surface area contributed by atoms with Crippen LogP contribution in [-0.2, 0) is 4.74 Å². The van der Waals surface area contributed by atoms with Crippen LogP contribution < -0.4 is 5.32 Å². The van der Waals surface area contributed by atoms with Crippen LogP contribution in [0.5, 0.6) is 0 Å². The lowest BCUT2D eigenvalue weighted by Crippen LogP contribution is -2.49. The molecule has 1 aromatic carbocycles. The molecule has 1 aromatic rings. The highest BCUT2D eigenvalue weighted by Gasteiger charge is 2.33. The van der Waals surface area contributed by atoms with Crippen LogP contribution in [-0.4, -0.2) is 36.2 Å². The first-order valence-electron chi connectivity index (χ1n) is 8.60. The minimum absolute atomic E-state index is 0.0376. The van der Waals surface area contributed by atoms with E-state index in [1.807, 2.05) is 30.3 Å². The Balaban J connectivity index is 1.57. The molecular weight excluding hydrogens is 276 g/mol. The Kier molecular flexibility index (Phi) is 5.33. The van der Waals surface area contributed by atoms with Crippen molar-refractivity contribution >= 4 is 11.8 Å². The third kappa shape index (κ3) is 4.01. The molecule has 120 valence electrons. The molecule has 0 aromatic heterocycles. The molecule has 1 aliphatic carbocycles. The topological polar surface area (TPSA) is 41.6 Å². The minimum Gasteiger partial charge on any atom is -0.444 e. The number of hydrogen-bond donors (Lipinski definition) is 1. The summed E-state index contributed by atoms with van der Waals surface area (Å²) in [5, 5.41) is 2.83. The van der Waals surface area contributed by atoms with Gasteiger partial charge in [0.2, 0.25) is 0 Å². The zero-order chi connectivity index (χ0) is 15.2. The highest BCUT2D eigenvalue weighted by Crippen LogP contribution is 2.28. The summed E-state index contributed by atoms with van der Waals surface area (Å²) in [6.45, 7) is 2.32. The first-order chi connectivity index (χ1) is 10.8. The maximum absolute atomic E-state index is 12.2. The molecule has 4 heteroatoms. The second-order valence-corrected chi connectivity index (χ2v) is 6.38. The van der Waals surface area contributed by atoms with Gasteiger partial charge in [-0.3, -0.25) is 10.2 Å². The summed E-state index contributed by atoms with van der Waals surface area (Å²) in [6.07, 6.45) is 8.17. The van der Waals surface area contributed by atoms with Crippen molar-refractivity contribution in [3.05, 3.63) is 30.3 Å². The predicted octanol–water partition coefficient (Wildman–Crippen LogP) is 4.03. The van der Waals surface area contributed by atoms with E-state index >= 15 is 0 Å². The zero-order valence-corrected chi connectivity index (χ0v) is 13.2. The van der Waals surface area contributed by atoms with Crippen molar-refractivity contribution in [2.24, 2.45) is 0 Å². The number of carbonyl (C=O) groups is 1. The van der Waals surface area contributed by atoms with Crippen LogP contribution in [0.1, 0.15) is 44.9 Å². The summed E-state index contributed by atoms with van der Waals surface area (Å²) in [7, 11) is 0. The number of nitrogens with one attached hydrogen (secondary N) is 1. The SMILES string of the molecule is O=C(Nc1ccccc1)O[C@@H]1CCCC[C@H]1N1CCCCC1. The number of anilines is 1. The molecule has 1 amide bonds. The molecule has 1 heterocycles. The lowest BCUT2D eigenvalue weighted by molar-refractivity contribution is 0.00174. The average molecular weight is 302 g/mol. The number of para-hydroxylation sites is 1. The van der Waals surface area contributed by atoms with E-state index in [2.05, 4.69) is 10.2 Å². The number of nitrogens with zero attached hydrogens (tertiary/aromatic N) is 1. The molecule has 2 aliphatic rings. The Labute approximate surface area is 132 Å². The fourth-order valence-corrected chi connectivity index (χ4v) is 3.69. The van der Waals surface area contributed by atoms with E-state index in [1.165, 1.54) is 25.7 Å². The smallest absolute Gasteiger partial charge is 0.411 e. The molecule has 0 spiro atoms. The van der Waals surface area contributed by atoms with Crippen molar-refractivity contribution in [1.29, 1.82) is 0 Å². The number of hydrogen-bond acceptors (Lipinski definition) is 3. The van der Waals surface area contributed by atoms with Gasteiger partial charge in [-0.05, 0) is 57.3 Å². The lowest BCUT2D eigenvalue weighted by Gasteiger charge is -2.41. The van der Waals surface area contributed by atoms with Crippen molar-refractivity contribution in [1.82, 2.24) is 4.90 Å². The molecule has 1 aliphatic heterocycles. The number of amides is 1. The van der Waals surface area contributed by atoms with Gasteiger partial charge in [0.15, 0.2) is 0 Å². The van der Waals surface area contributed by atoms with Gasteiger partial charge in [-0.25, -0.2) is 4.79 Å². The summed E-state index contributed by atoms with van der Waals surface area (Å²) < 4.78 is 5.77. The maximum atomic E-state index is 12.2. The minimum atomic E-state index is -0.319. The van der Waals surface area contributed by atoms with E-state index in [0.717, 1.165) is 38.0 Å². The molecule has 0 radical (unpaired) electrons. The Hall–Kier alpha value is -1.55. The van der Waals surface area contributed by atoms with E-state index in [1.54, 1.807) is 0 Å². The molecule has 22 heavy (non-hydrogen) atoms. The Bertz CT molecular complexity index is 471. The van der Waals surface area contributed by atoms with Crippen LogP contribution in [0.15, 0.2) is 30.3 Å². The molecule has 1 saturated heterocycles. The van der Waals surface area contributed by atoms with Crippen molar-refractivity contribution < 1.29 is 9.53 Å². The molecule has 4 nitrogen and oxygen atoms in total. The van der Waals surface area contributed by atoms with Gasteiger partial charge in [-0.1, -0.05) is 31.0 Å². The fourth-order valence-electron chi connectivity index (χ4n) is 3.69. The summed E-state index contributed by atoms with van der Waals surface area (Å²) in [6, 6.07) is 9.92. The van der Waals surface area contributed by atoms with E-state index in [9.17, 15) is 4.79 Å². The van der Waals surface area contributed by atoms with Gasteiger partial charge in [0.25, 0.3) is 0 Å². The number of ether oxygens (including phenoxy) is 1. The van der Waals surface area contributed by atoms with E-state index in [-0.39, 0.29) is 12.2 Å². The molecular formula is C18H26N2O2. The van der Waals surface area contributed by atoms with Crippen molar-refractivity contribution in [2.45, 2.75) is 57.1 Å². The van der Waals surface area contributed by atoms with E-state index in [4.69, 9.17) is 4.74 Å². The van der Waals surface area contributed by atoms with Gasteiger partial charge >= 0.3 is 6.09 Å². The maximum Gasteiger partial charge on any atom is 0.411 e. The Morgan fingerprint density at radius 3 is 2.50 bits per heavy atom. The second-order valence-electron chi connectivity index (χ2n) is 6.38. The van der Waals surface area contributed by atoms with Gasteiger partial charge in [-0.15, -0.1) is 0 Å². The number of likely N-dealkylation sites (tertiary alicyclic amines) is 1. The fraction of sp³-hybridized carbons (Fsp3) is 0.611. The average Bonchev–Trinajstić information content (AvgIpc) is 2.57. The van der Waals surface area contributed by atoms with Gasteiger partial charge in [0, 0.05) is 11.7 Å². The molecule has 2 atom stereocenters.